The molecule has 1 fully saturated rings. The molecule has 0 radical (unpaired) electrons. The predicted molar refractivity (Wildman–Crippen MR) is 62.9 cm³/mol. The Morgan fingerprint density at radius 3 is 2.67 bits per heavy atom. The second-order valence-electron chi connectivity index (χ2n) is 4.51. The van der Waals surface area contributed by atoms with Gasteiger partial charge in [0, 0.05) is 0 Å². The Kier molecular flexibility index (Phi) is 2.57. The first-order valence-electron chi connectivity index (χ1n) is 5.40. The molecular formula is C12H18N2O. The lowest BCUT2D eigenvalue weighted by Gasteiger charge is -2.42. The van der Waals surface area contributed by atoms with Crippen LogP contribution in [0.3, 0.4) is 0 Å². The highest BCUT2D eigenvalue weighted by molar-refractivity contribution is 5.68. The molecule has 1 aromatic rings. The molecular weight excluding hydrogens is 188 g/mol. The Labute approximate surface area is 90.3 Å². The van der Waals surface area contributed by atoms with E-state index in [-0.39, 0.29) is 12.1 Å². The third kappa shape index (κ3) is 1.92. The first-order chi connectivity index (χ1) is 7.15. The van der Waals surface area contributed by atoms with Crippen LogP contribution in [0.15, 0.2) is 18.2 Å². The first kappa shape index (κ1) is 10.3. The van der Waals surface area contributed by atoms with Gasteiger partial charge in [0.15, 0.2) is 0 Å². The van der Waals surface area contributed by atoms with Gasteiger partial charge in [-0.1, -0.05) is 6.07 Å². The highest BCUT2D eigenvalue weighted by Crippen LogP contribution is 2.36. The fourth-order valence-corrected chi connectivity index (χ4v) is 2.01. The van der Waals surface area contributed by atoms with Gasteiger partial charge in [0.2, 0.25) is 0 Å². The summed E-state index contributed by atoms with van der Waals surface area (Å²) in [5.74, 6) is 0. The van der Waals surface area contributed by atoms with Crippen molar-refractivity contribution >= 4 is 11.4 Å². The lowest BCUT2D eigenvalue weighted by molar-refractivity contribution is 0.144. The summed E-state index contributed by atoms with van der Waals surface area (Å²) in [6.45, 7) is 2.20. The van der Waals surface area contributed by atoms with Crippen LogP contribution in [0.5, 0.6) is 0 Å². The first-order valence-corrected chi connectivity index (χ1v) is 5.40. The van der Waals surface area contributed by atoms with E-state index in [0.717, 1.165) is 29.8 Å². The zero-order valence-corrected chi connectivity index (χ0v) is 9.09. The van der Waals surface area contributed by atoms with Crippen molar-refractivity contribution in [1.29, 1.82) is 0 Å². The Balaban J connectivity index is 2.16. The third-order valence-electron chi connectivity index (χ3n) is 3.22. The molecule has 15 heavy (non-hydrogen) atoms. The number of aryl methyl sites for hydroxylation is 1. The van der Waals surface area contributed by atoms with E-state index in [1.54, 1.807) is 0 Å². The van der Waals surface area contributed by atoms with Gasteiger partial charge in [0.25, 0.3) is 0 Å². The van der Waals surface area contributed by atoms with E-state index < -0.39 is 0 Å². The quantitative estimate of drug-likeness (QED) is 0.662. The summed E-state index contributed by atoms with van der Waals surface area (Å²) in [7, 11) is 0. The zero-order chi connectivity index (χ0) is 10.9. The van der Waals surface area contributed by atoms with Gasteiger partial charge in [-0.15, -0.1) is 0 Å². The number of nitrogens with one attached hydrogen (secondary N) is 1. The average Bonchev–Trinajstić information content (AvgIpc) is 2.14. The minimum atomic E-state index is -0.122. The lowest BCUT2D eigenvalue weighted by Crippen LogP contribution is -2.48. The van der Waals surface area contributed by atoms with E-state index in [1.807, 2.05) is 25.1 Å². The molecule has 0 unspecified atom stereocenters. The maximum absolute atomic E-state index is 9.34. The Hall–Kier alpha value is -1.22. The molecule has 0 saturated heterocycles. The third-order valence-corrected chi connectivity index (χ3v) is 3.22. The van der Waals surface area contributed by atoms with Gasteiger partial charge < -0.3 is 16.2 Å². The Bertz CT molecular complexity index is 353. The Morgan fingerprint density at radius 2 is 2.20 bits per heavy atom. The van der Waals surface area contributed by atoms with Gasteiger partial charge in [-0.3, -0.25) is 0 Å². The van der Waals surface area contributed by atoms with Crippen molar-refractivity contribution in [3.05, 3.63) is 23.8 Å². The fourth-order valence-electron chi connectivity index (χ4n) is 2.01. The van der Waals surface area contributed by atoms with E-state index in [2.05, 4.69) is 5.32 Å². The normalized spacial score (nSPS) is 18.3. The number of aliphatic hydroxyl groups is 1. The second-order valence-corrected chi connectivity index (χ2v) is 4.51. The smallest absolute Gasteiger partial charge is 0.0661 e. The summed E-state index contributed by atoms with van der Waals surface area (Å²) >= 11 is 0. The highest BCUT2D eigenvalue weighted by atomic mass is 16.3. The molecule has 0 amide bonds. The van der Waals surface area contributed by atoms with Gasteiger partial charge in [0.05, 0.1) is 23.5 Å². The molecule has 3 heteroatoms. The molecule has 0 atom stereocenters. The summed E-state index contributed by atoms with van der Waals surface area (Å²) in [6.07, 6.45) is 3.23. The number of nitrogens with two attached hydrogens (primary N) is 1. The van der Waals surface area contributed by atoms with Gasteiger partial charge in [0.1, 0.15) is 0 Å². The van der Waals surface area contributed by atoms with Crippen molar-refractivity contribution in [2.75, 3.05) is 17.7 Å². The van der Waals surface area contributed by atoms with Gasteiger partial charge in [-0.2, -0.15) is 0 Å². The molecule has 0 spiro atoms. The van der Waals surface area contributed by atoms with Crippen molar-refractivity contribution in [3.8, 4) is 0 Å². The maximum Gasteiger partial charge on any atom is 0.0661 e. The number of anilines is 2. The number of nitrogen functional groups attached to an aromatic ring is 1. The van der Waals surface area contributed by atoms with Crippen molar-refractivity contribution in [2.45, 2.75) is 31.7 Å². The van der Waals surface area contributed by atoms with Crippen LogP contribution in [-0.4, -0.2) is 17.3 Å². The van der Waals surface area contributed by atoms with E-state index in [9.17, 15) is 5.11 Å². The Morgan fingerprint density at radius 1 is 1.47 bits per heavy atom. The molecule has 0 aliphatic heterocycles. The van der Waals surface area contributed by atoms with E-state index in [1.165, 1.54) is 6.42 Å². The van der Waals surface area contributed by atoms with Crippen molar-refractivity contribution < 1.29 is 5.11 Å². The number of aliphatic hydroxyl groups excluding tert-OH is 1. The summed E-state index contributed by atoms with van der Waals surface area (Å²) < 4.78 is 0. The number of hydrogen-bond acceptors (Lipinski definition) is 3. The largest absolute Gasteiger partial charge is 0.397 e. The number of benzene rings is 1. The summed E-state index contributed by atoms with van der Waals surface area (Å²) in [4.78, 5) is 0. The highest BCUT2D eigenvalue weighted by Gasteiger charge is 2.36. The molecule has 3 nitrogen and oxygen atoms in total. The van der Waals surface area contributed by atoms with Gasteiger partial charge >= 0.3 is 0 Å². The number of rotatable bonds is 3. The molecule has 0 bridgehead atoms. The van der Waals surface area contributed by atoms with Crippen LogP contribution >= 0.6 is 0 Å². The molecule has 1 aromatic carbocycles. The molecule has 0 aromatic heterocycles. The topological polar surface area (TPSA) is 58.3 Å². The van der Waals surface area contributed by atoms with Crippen molar-refractivity contribution in [3.63, 3.8) is 0 Å². The van der Waals surface area contributed by atoms with Crippen LogP contribution in [0.4, 0.5) is 11.4 Å². The SMILES string of the molecule is Cc1ccc(NC2(CO)CCC2)c(N)c1. The van der Waals surface area contributed by atoms with Crippen LogP contribution in [0.1, 0.15) is 24.8 Å². The standard InChI is InChI=1S/C12H18N2O/c1-9-3-4-11(10(13)7-9)14-12(8-15)5-2-6-12/h3-4,7,14-15H,2,5-6,8,13H2,1H3. The minimum Gasteiger partial charge on any atom is -0.397 e. The van der Waals surface area contributed by atoms with Crippen LogP contribution in [0.2, 0.25) is 0 Å². The second kappa shape index (κ2) is 3.74. The summed E-state index contributed by atoms with van der Waals surface area (Å²) in [6, 6.07) is 5.97. The monoisotopic (exact) mass is 206 g/mol. The lowest BCUT2D eigenvalue weighted by atomic mass is 9.77. The molecule has 82 valence electrons. The minimum absolute atomic E-state index is 0.122. The van der Waals surface area contributed by atoms with Crippen LogP contribution in [0, 0.1) is 6.92 Å². The van der Waals surface area contributed by atoms with Crippen molar-refractivity contribution in [1.82, 2.24) is 0 Å². The molecule has 1 aliphatic carbocycles. The van der Waals surface area contributed by atoms with Crippen molar-refractivity contribution in [2.24, 2.45) is 0 Å². The zero-order valence-electron chi connectivity index (χ0n) is 9.09. The van der Waals surface area contributed by atoms with E-state index in [0.29, 0.717) is 0 Å². The number of hydrogen-bond donors (Lipinski definition) is 3. The molecule has 1 aliphatic rings. The summed E-state index contributed by atoms with van der Waals surface area (Å²) in [5, 5.41) is 12.7. The van der Waals surface area contributed by atoms with E-state index in [4.69, 9.17) is 5.73 Å². The average molecular weight is 206 g/mol. The van der Waals surface area contributed by atoms with Crippen LogP contribution in [0.25, 0.3) is 0 Å². The van der Waals surface area contributed by atoms with Crippen LogP contribution < -0.4 is 11.1 Å². The molecule has 0 heterocycles. The molecule has 1 saturated carbocycles. The molecule has 4 N–H and O–H groups in total. The fraction of sp³-hybridized carbons (Fsp3) is 0.500. The van der Waals surface area contributed by atoms with Crippen LogP contribution in [-0.2, 0) is 0 Å². The predicted octanol–water partition coefficient (Wildman–Crippen LogP) is 1.90. The van der Waals surface area contributed by atoms with Gasteiger partial charge in [-0.05, 0) is 43.9 Å². The maximum atomic E-state index is 9.34. The van der Waals surface area contributed by atoms with E-state index >= 15 is 0 Å². The summed E-state index contributed by atoms with van der Waals surface area (Å²) in [5.41, 5.74) is 8.65. The van der Waals surface area contributed by atoms with Gasteiger partial charge in [-0.25, -0.2) is 0 Å². The molecule has 2 rings (SSSR count).